The molecule has 0 saturated carbocycles. The second-order valence-corrected chi connectivity index (χ2v) is 15.6. The molecule has 0 aliphatic rings. The number of fused-ring (bicyclic) bond motifs is 9. The first-order valence-corrected chi connectivity index (χ1v) is 20.1. The van der Waals surface area contributed by atoms with E-state index in [9.17, 15) is 0 Å². The van der Waals surface area contributed by atoms with E-state index in [0.29, 0.717) is 23.2 Å². The molecular weight excluding hydrogens is 729 g/mol. The van der Waals surface area contributed by atoms with Gasteiger partial charge in [-0.15, -0.1) is 11.3 Å². The Hall–Kier alpha value is -7.54. The van der Waals surface area contributed by atoms with Gasteiger partial charge in [-0.3, -0.25) is 0 Å². The molecule has 5 nitrogen and oxygen atoms in total. The standard InChI is InChI=1S/C52H30N4OS/c1-2-13-33(14-3-1)49-54-50(56-51(55-49)43-24-12-22-40-37-15-7-9-26-45(37)58-48(40)43)41-23-11-20-35-34(19-10-21-36(35)41)31-27-29-32(30-28-31)47-39-17-5-4-16-38(39)46-42-18-6-8-25-44(42)57-52(46)53-47/h1-30H. The Kier molecular flexibility index (Phi) is 7.33. The summed E-state index contributed by atoms with van der Waals surface area (Å²) in [5.74, 6) is 1.94. The van der Waals surface area contributed by atoms with Gasteiger partial charge in [-0.1, -0.05) is 164 Å². The summed E-state index contributed by atoms with van der Waals surface area (Å²) in [6, 6.07) is 63.4. The van der Waals surface area contributed by atoms with Crippen LogP contribution in [0, 0.1) is 0 Å². The molecule has 4 heterocycles. The van der Waals surface area contributed by atoms with Crippen molar-refractivity contribution in [2.45, 2.75) is 0 Å². The normalized spacial score (nSPS) is 11.8. The van der Waals surface area contributed by atoms with Crippen LogP contribution in [0.2, 0.25) is 0 Å². The maximum atomic E-state index is 6.28. The van der Waals surface area contributed by atoms with Gasteiger partial charge in [-0.25, -0.2) is 19.9 Å². The lowest BCUT2D eigenvalue weighted by atomic mass is 9.94. The highest BCUT2D eigenvalue weighted by Gasteiger charge is 2.19. The molecule has 0 unspecified atom stereocenters. The summed E-state index contributed by atoms with van der Waals surface area (Å²) in [6.07, 6.45) is 0. The lowest BCUT2D eigenvalue weighted by molar-refractivity contribution is 0.655. The van der Waals surface area contributed by atoms with Crippen molar-refractivity contribution in [3.63, 3.8) is 0 Å². The predicted molar refractivity (Wildman–Crippen MR) is 240 cm³/mol. The molecule has 0 atom stereocenters. The second-order valence-electron chi connectivity index (χ2n) is 14.5. The first-order valence-electron chi connectivity index (χ1n) is 19.3. The van der Waals surface area contributed by atoms with E-state index in [2.05, 4.69) is 146 Å². The molecule has 0 spiro atoms. The fourth-order valence-electron chi connectivity index (χ4n) is 8.48. The van der Waals surface area contributed by atoms with E-state index in [-0.39, 0.29) is 0 Å². The third kappa shape index (κ3) is 5.16. The van der Waals surface area contributed by atoms with Crippen molar-refractivity contribution in [3.05, 3.63) is 182 Å². The smallest absolute Gasteiger partial charge is 0.228 e. The molecular formula is C52H30N4OS. The zero-order valence-electron chi connectivity index (χ0n) is 30.9. The fourth-order valence-corrected chi connectivity index (χ4v) is 9.69. The van der Waals surface area contributed by atoms with Gasteiger partial charge in [0.05, 0.1) is 11.1 Å². The lowest BCUT2D eigenvalue weighted by Gasteiger charge is -2.13. The Balaban J connectivity index is 0.990. The van der Waals surface area contributed by atoms with Crippen LogP contribution in [0.3, 0.4) is 0 Å². The van der Waals surface area contributed by atoms with Crippen LogP contribution in [0.5, 0.6) is 0 Å². The summed E-state index contributed by atoms with van der Waals surface area (Å²) >= 11 is 1.78. The topological polar surface area (TPSA) is 64.7 Å². The largest absolute Gasteiger partial charge is 0.438 e. The number of furan rings is 1. The van der Waals surface area contributed by atoms with Gasteiger partial charge < -0.3 is 4.42 Å². The van der Waals surface area contributed by atoms with Crippen LogP contribution in [-0.4, -0.2) is 19.9 Å². The number of rotatable bonds is 5. The Morgan fingerprint density at radius 1 is 0.345 bits per heavy atom. The molecule has 0 aliphatic carbocycles. The van der Waals surface area contributed by atoms with E-state index >= 15 is 0 Å². The highest BCUT2D eigenvalue weighted by Crippen LogP contribution is 2.42. The van der Waals surface area contributed by atoms with Gasteiger partial charge in [0.2, 0.25) is 5.71 Å². The second kappa shape index (κ2) is 13.0. The number of pyridine rings is 1. The molecule has 12 rings (SSSR count). The van der Waals surface area contributed by atoms with Gasteiger partial charge in [0.15, 0.2) is 17.5 Å². The Morgan fingerprint density at radius 3 is 1.72 bits per heavy atom. The Labute approximate surface area is 336 Å². The number of aromatic nitrogens is 4. The van der Waals surface area contributed by atoms with Crippen molar-refractivity contribution >= 4 is 75.1 Å². The van der Waals surface area contributed by atoms with E-state index in [1.807, 2.05) is 36.4 Å². The molecule has 8 aromatic carbocycles. The first kappa shape index (κ1) is 32.7. The van der Waals surface area contributed by atoms with Crippen molar-refractivity contribution in [1.82, 2.24) is 19.9 Å². The van der Waals surface area contributed by atoms with E-state index in [4.69, 9.17) is 24.4 Å². The first-order chi connectivity index (χ1) is 28.7. The summed E-state index contributed by atoms with van der Waals surface area (Å²) < 4.78 is 8.70. The number of thiophene rings is 1. The highest BCUT2D eigenvalue weighted by molar-refractivity contribution is 7.26. The average Bonchev–Trinajstić information content (AvgIpc) is 3.87. The van der Waals surface area contributed by atoms with E-state index in [0.717, 1.165) is 77.0 Å². The van der Waals surface area contributed by atoms with Gasteiger partial charge in [0.1, 0.15) is 5.58 Å². The SMILES string of the molecule is c1ccc(-c2nc(-c3cccc4c(-c5ccc(-c6nc7oc8ccccc8c7c7ccccc67)cc5)cccc34)nc(-c3cccc4c3sc3ccccc34)n2)cc1. The van der Waals surface area contributed by atoms with Crippen LogP contribution < -0.4 is 0 Å². The van der Waals surface area contributed by atoms with Crippen LogP contribution in [0.25, 0.3) is 120 Å². The Morgan fingerprint density at radius 2 is 0.914 bits per heavy atom. The van der Waals surface area contributed by atoms with Crippen LogP contribution in [0.1, 0.15) is 0 Å². The molecule has 0 aliphatic heterocycles. The monoisotopic (exact) mass is 758 g/mol. The quantitative estimate of drug-likeness (QED) is 0.175. The molecule has 12 aromatic rings. The fraction of sp³-hybridized carbons (Fsp3) is 0. The third-order valence-corrected chi connectivity index (χ3v) is 12.4. The van der Waals surface area contributed by atoms with Crippen molar-refractivity contribution < 1.29 is 4.42 Å². The lowest BCUT2D eigenvalue weighted by Crippen LogP contribution is -2.00. The van der Waals surface area contributed by atoms with Crippen molar-refractivity contribution in [2.24, 2.45) is 0 Å². The van der Waals surface area contributed by atoms with E-state index < -0.39 is 0 Å². The van der Waals surface area contributed by atoms with Crippen LogP contribution in [0.4, 0.5) is 0 Å². The van der Waals surface area contributed by atoms with Gasteiger partial charge in [0, 0.05) is 53.2 Å². The van der Waals surface area contributed by atoms with Gasteiger partial charge in [-0.05, 0) is 45.5 Å². The summed E-state index contributed by atoms with van der Waals surface area (Å²) in [6.45, 7) is 0. The number of benzene rings is 8. The maximum absolute atomic E-state index is 6.28. The van der Waals surface area contributed by atoms with Crippen molar-refractivity contribution in [3.8, 4) is 56.5 Å². The minimum Gasteiger partial charge on any atom is -0.438 e. The zero-order chi connectivity index (χ0) is 38.2. The molecule has 0 bridgehead atoms. The molecule has 6 heteroatoms. The average molecular weight is 759 g/mol. The predicted octanol–water partition coefficient (Wildman–Crippen LogP) is 14.2. The van der Waals surface area contributed by atoms with Gasteiger partial charge in [-0.2, -0.15) is 0 Å². The number of hydrogen-bond acceptors (Lipinski definition) is 6. The highest BCUT2D eigenvalue weighted by atomic mass is 32.1. The molecule has 0 fully saturated rings. The number of para-hydroxylation sites is 1. The molecule has 58 heavy (non-hydrogen) atoms. The summed E-state index contributed by atoms with van der Waals surface area (Å²) in [4.78, 5) is 20.6. The minimum atomic E-state index is 0.638. The molecule has 4 aromatic heterocycles. The maximum Gasteiger partial charge on any atom is 0.228 e. The third-order valence-electron chi connectivity index (χ3n) is 11.2. The van der Waals surface area contributed by atoms with Crippen LogP contribution in [0.15, 0.2) is 186 Å². The van der Waals surface area contributed by atoms with Crippen molar-refractivity contribution in [1.29, 1.82) is 0 Å². The number of hydrogen-bond donors (Lipinski definition) is 0. The van der Waals surface area contributed by atoms with E-state index in [1.165, 1.54) is 20.2 Å². The molecule has 270 valence electrons. The molecule has 0 radical (unpaired) electrons. The van der Waals surface area contributed by atoms with Gasteiger partial charge >= 0.3 is 0 Å². The molecule has 0 amide bonds. The zero-order valence-corrected chi connectivity index (χ0v) is 31.7. The van der Waals surface area contributed by atoms with E-state index in [1.54, 1.807) is 11.3 Å². The number of nitrogens with zero attached hydrogens (tertiary/aromatic N) is 4. The molecule has 0 saturated heterocycles. The van der Waals surface area contributed by atoms with Crippen LogP contribution in [-0.2, 0) is 0 Å². The minimum absolute atomic E-state index is 0.638. The summed E-state index contributed by atoms with van der Waals surface area (Å²) in [7, 11) is 0. The molecule has 0 N–H and O–H groups in total. The summed E-state index contributed by atoms with van der Waals surface area (Å²) in [5.41, 5.74) is 8.57. The Bertz CT molecular complexity index is 3570. The van der Waals surface area contributed by atoms with Gasteiger partial charge in [0.25, 0.3) is 0 Å². The summed E-state index contributed by atoms with van der Waals surface area (Å²) in [5, 5.41) is 9.01. The van der Waals surface area contributed by atoms with Crippen LogP contribution >= 0.6 is 11.3 Å². The van der Waals surface area contributed by atoms with Crippen molar-refractivity contribution in [2.75, 3.05) is 0 Å².